The van der Waals surface area contributed by atoms with Gasteiger partial charge < -0.3 is 10.2 Å². The first-order valence-corrected chi connectivity index (χ1v) is 11.0. The third kappa shape index (κ3) is 3.76. The Labute approximate surface area is 187 Å². The zero-order valence-electron chi connectivity index (χ0n) is 17.9. The number of hydrogen-bond donors (Lipinski definition) is 2. The fourth-order valence-corrected chi connectivity index (χ4v) is 5.47. The molecule has 1 unspecified atom stereocenters. The average Bonchev–Trinajstić information content (AvgIpc) is 2.99. The summed E-state index contributed by atoms with van der Waals surface area (Å²) in [4.78, 5) is 39.2. The quantitative estimate of drug-likeness (QED) is 0.684. The molecule has 1 atom stereocenters. The van der Waals surface area contributed by atoms with Crippen LogP contribution in [0.25, 0.3) is 11.0 Å². The van der Waals surface area contributed by atoms with Gasteiger partial charge in [0, 0.05) is 32.2 Å². The number of hydrogen-bond acceptors (Lipinski definition) is 5. The number of piperidine rings is 3. The van der Waals surface area contributed by atoms with Crippen LogP contribution in [0.1, 0.15) is 44.6 Å². The van der Waals surface area contributed by atoms with Gasteiger partial charge in [-0.3, -0.25) is 24.0 Å². The van der Waals surface area contributed by atoms with Gasteiger partial charge in [-0.2, -0.15) is 0 Å². The highest BCUT2D eigenvalue weighted by Crippen LogP contribution is 2.40. The van der Waals surface area contributed by atoms with Crippen molar-refractivity contribution in [3.8, 4) is 0 Å². The molecule has 8 nitrogen and oxygen atoms in total. The van der Waals surface area contributed by atoms with Crippen LogP contribution in [0.15, 0.2) is 23.0 Å². The standard InChI is InChI=1S/C22H29N5O3.ClH/c1-25-18-14-15(26-12-8-22(9-13-26)6-10-23-11-7-22)2-3-16(18)27(21(25)30)17-4-5-19(28)24-20(17)29;/h2-3,14,17,23H,4-13H2,1H3,(H,24,28,29);1H. The van der Waals surface area contributed by atoms with Crippen LogP contribution in [0.2, 0.25) is 0 Å². The molecule has 3 saturated heterocycles. The van der Waals surface area contributed by atoms with Gasteiger partial charge in [-0.05, 0) is 68.8 Å². The number of nitrogens with zero attached hydrogens (tertiary/aromatic N) is 3. The van der Waals surface area contributed by atoms with Crippen LogP contribution in [0.3, 0.4) is 0 Å². The Kier molecular flexibility index (Phi) is 5.87. The highest BCUT2D eigenvalue weighted by Gasteiger charge is 2.36. The summed E-state index contributed by atoms with van der Waals surface area (Å²) in [5.41, 5.74) is 2.97. The minimum Gasteiger partial charge on any atom is -0.371 e. The second-order valence-corrected chi connectivity index (χ2v) is 9.09. The molecule has 1 aromatic carbocycles. The van der Waals surface area contributed by atoms with E-state index >= 15 is 0 Å². The normalized spacial score (nSPS) is 23.6. The zero-order valence-corrected chi connectivity index (χ0v) is 18.7. The van der Waals surface area contributed by atoms with Gasteiger partial charge in [-0.25, -0.2) is 4.79 Å². The number of fused-ring (bicyclic) bond motifs is 1. The fraction of sp³-hybridized carbons (Fsp3) is 0.591. The van der Waals surface area contributed by atoms with Crippen LogP contribution < -0.4 is 21.2 Å². The van der Waals surface area contributed by atoms with Crippen LogP contribution in [0.5, 0.6) is 0 Å². The van der Waals surface area contributed by atoms with Gasteiger partial charge in [-0.15, -0.1) is 12.4 Å². The topological polar surface area (TPSA) is 88.4 Å². The summed E-state index contributed by atoms with van der Waals surface area (Å²) in [7, 11) is 1.75. The summed E-state index contributed by atoms with van der Waals surface area (Å²) in [6.07, 6.45) is 5.56. The summed E-state index contributed by atoms with van der Waals surface area (Å²) in [6, 6.07) is 5.44. The molecule has 0 aliphatic carbocycles. The van der Waals surface area contributed by atoms with Gasteiger partial charge in [0.1, 0.15) is 6.04 Å². The number of aryl methyl sites for hydroxylation is 1. The number of anilines is 1. The molecule has 2 N–H and O–H groups in total. The number of amides is 2. The van der Waals surface area contributed by atoms with Crippen molar-refractivity contribution in [2.24, 2.45) is 12.5 Å². The monoisotopic (exact) mass is 447 g/mol. The third-order valence-electron chi connectivity index (χ3n) is 7.45. The summed E-state index contributed by atoms with van der Waals surface area (Å²) >= 11 is 0. The zero-order chi connectivity index (χ0) is 20.9. The maximum atomic E-state index is 12.9. The van der Waals surface area contributed by atoms with Crippen molar-refractivity contribution in [1.82, 2.24) is 19.8 Å². The summed E-state index contributed by atoms with van der Waals surface area (Å²) < 4.78 is 3.15. The van der Waals surface area contributed by atoms with Crippen molar-refractivity contribution >= 4 is 40.9 Å². The van der Waals surface area contributed by atoms with Crippen molar-refractivity contribution in [2.45, 2.75) is 44.6 Å². The lowest BCUT2D eigenvalue weighted by Gasteiger charge is -2.45. The van der Waals surface area contributed by atoms with Crippen LogP contribution >= 0.6 is 12.4 Å². The van der Waals surface area contributed by atoms with E-state index in [4.69, 9.17) is 0 Å². The van der Waals surface area contributed by atoms with Gasteiger partial charge in [0.05, 0.1) is 11.0 Å². The Morgan fingerprint density at radius 3 is 2.39 bits per heavy atom. The predicted octanol–water partition coefficient (Wildman–Crippen LogP) is 1.71. The van der Waals surface area contributed by atoms with E-state index in [1.807, 2.05) is 6.07 Å². The molecule has 1 spiro atoms. The van der Waals surface area contributed by atoms with Gasteiger partial charge in [-0.1, -0.05) is 0 Å². The van der Waals surface area contributed by atoms with Crippen molar-refractivity contribution in [2.75, 3.05) is 31.1 Å². The van der Waals surface area contributed by atoms with E-state index < -0.39 is 11.9 Å². The Bertz CT molecular complexity index is 1060. The van der Waals surface area contributed by atoms with Gasteiger partial charge in [0.2, 0.25) is 11.8 Å². The molecule has 2 amide bonds. The number of rotatable bonds is 2. The molecule has 2 aromatic rings. The van der Waals surface area contributed by atoms with E-state index in [1.165, 1.54) is 25.7 Å². The van der Waals surface area contributed by atoms with E-state index in [-0.39, 0.29) is 30.4 Å². The first-order chi connectivity index (χ1) is 14.5. The molecule has 0 bridgehead atoms. The second-order valence-electron chi connectivity index (χ2n) is 9.09. The first kappa shape index (κ1) is 21.9. The largest absolute Gasteiger partial charge is 0.371 e. The molecular formula is C22H30ClN5O3. The van der Waals surface area contributed by atoms with Crippen molar-refractivity contribution in [3.05, 3.63) is 28.7 Å². The fourth-order valence-electron chi connectivity index (χ4n) is 5.47. The lowest BCUT2D eigenvalue weighted by Crippen LogP contribution is -2.45. The molecule has 3 fully saturated rings. The van der Waals surface area contributed by atoms with E-state index in [0.29, 0.717) is 11.8 Å². The maximum Gasteiger partial charge on any atom is 0.329 e. The number of carbonyl (C=O) groups excluding carboxylic acids is 2. The molecule has 3 aliphatic heterocycles. The van der Waals surface area contributed by atoms with Crippen LogP contribution in [0.4, 0.5) is 5.69 Å². The Balaban J connectivity index is 0.00000231. The highest BCUT2D eigenvalue weighted by molar-refractivity contribution is 6.00. The highest BCUT2D eigenvalue weighted by atomic mass is 35.5. The number of imidazole rings is 1. The lowest BCUT2D eigenvalue weighted by molar-refractivity contribution is -0.135. The van der Waals surface area contributed by atoms with Gasteiger partial charge in [0.15, 0.2) is 0 Å². The Hall–Kier alpha value is -2.32. The molecule has 1 aromatic heterocycles. The molecule has 4 heterocycles. The average molecular weight is 448 g/mol. The van der Waals surface area contributed by atoms with Crippen molar-refractivity contribution < 1.29 is 9.59 Å². The SMILES string of the molecule is Cl.Cn1c(=O)n(C2CCC(=O)NC2=O)c2ccc(N3CCC4(CCNCC4)CC3)cc21. The molecule has 31 heavy (non-hydrogen) atoms. The summed E-state index contributed by atoms with van der Waals surface area (Å²) in [5.74, 6) is -0.670. The number of aromatic nitrogens is 2. The van der Waals surface area contributed by atoms with Crippen LogP contribution in [0, 0.1) is 5.41 Å². The molecule has 5 rings (SSSR count). The van der Waals surface area contributed by atoms with E-state index in [9.17, 15) is 14.4 Å². The Morgan fingerprint density at radius 1 is 1.00 bits per heavy atom. The van der Waals surface area contributed by atoms with Crippen molar-refractivity contribution in [1.29, 1.82) is 0 Å². The number of nitrogens with one attached hydrogen (secondary N) is 2. The number of benzene rings is 1. The molecule has 0 saturated carbocycles. The molecule has 168 valence electrons. The van der Waals surface area contributed by atoms with E-state index in [1.54, 1.807) is 16.2 Å². The summed E-state index contributed by atoms with van der Waals surface area (Å²) in [6.45, 7) is 4.32. The maximum absolute atomic E-state index is 12.9. The van der Waals surface area contributed by atoms with E-state index in [0.717, 1.165) is 42.9 Å². The molecule has 9 heteroatoms. The van der Waals surface area contributed by atoms with Gasteiger partial charge in [0.25, 0.3) is 0 Å². The van der Waals surface area contributed by atoms with Crippen molar-refractivity contribution in [3.63, 3.8) is 0 Å². The van der Waals surface area contributed by atoms with Crippen LogP contribution in [-0.4, -0.2) is 47.1 Å². The Morgan fingerprint density at radius 2 is 1.71 bits per heavy atom. The molecule has 3 aliphatic rings. The van der Waals surface area contributed by atoms with Crippen LogP contribution in [-0.2, 0) is 16.6 Å². The number of imide groups is 1. The molecular weight excluding hydrogens is 418 g/mol. The second kappa shape index (κ2) is 8.31. The summed E-state index contributed by atoms with van der Waals surface area (Å²) in [5, 5.41) is 5.83. The third-order valence-corrected chi connectivity index (χ3v) is 7.45. The van der Waals surface area contributed by atoms with E-state index in [2.05, 4.69) is 27.7 Å². The predicted molar refractivity (Wildman–Crippen MR) is 122 cm³/mol. The molecule has 0 radical (unpaired) electrons. The number of halogens is 1. The lowest BCUT2D eigenvalue weighted by atomic mass is 9.71. The minimum absolute atomic E-state index is 0. The number of carbonyl (C=O) groups is 2. The van der Waals surface area contributed by atoms with Gasteiger partial charge >= 0.3 is 5.69 Å². The smallest absolute Gasteiger partial charge is 0.329 e. The minimum atomic E-state index is -0.639. The first-order valence-electron chi connectivity index (χ1n) is 11.0.